The molecule has 0 spiro atoms. The lowest BCUT2D eigenvalue weighted by Crippen LogP contribution is -2.33. The number of allylic oxidation sites excluding steroid dienone is 1. The lowest BCUT2D eigenvalue weighted by molar-refractivity contribution is -0.121. The Morgan fingerprint density at radius 1 is 1.09 bits per heavy atom. The van der Waals surface area contributed by atoms with Crippen molar-refractivity contribution < 1.29 is 27.4 Å². The maximum absolute atomic E-state index is 12.0. The fraction of sp³-hybridized carbons (Fsp3) is 0.654. The molecule has 1 atom stereocenters. The van der Waals surface area contributed by atoms with E-state index in [1.54, 1.807) is 11.9 Å². The van der Waals surface area contributed by atoms with Crippen molar-refractivity contribution in [3.05, 3.63) is 35.5 Å². The molecule has 1 aromatic carbocycles. The molecule has 0 bridgehead atoms. The third-order valence-electron chi connectivity index (χ3n) is 5.65. The zero-order valence-electron chi connectivity index (χ0n) is 21.1. The third-order valence-corrected chi connectivity index (χ3v) is 5.65. The summed E-state index contributed by atoms with van der Waals surface area (Å²) in [6, 6.07) is 6.13. The van der Waals surface area contributed by atoms with Crippen molar-refractivity contribution in [3.63, 3.8) is 0 Å². The number of likely N-dealkylation sites (tertiary alicyclic amines) is 1. The molecule has 0 aromatic heterocycles. The molecule has 3 rings (SSSR count). The molecule has 1 saturated heterocycles. The summed E-state index contributed by atoms with van der Waals surface area (Å²) in [6.07, 6.45) is 7.20. The van der Waals surface area contributed by atoms with Crippen molar-refractivity contribution in [2.45, 2.75) is 77.7 Å². The summed E-state index contributed by atoms with van der Waals surface area (Å²) < 4.78 is 44.3. The van der Waals surface area contributed by atoms with Crippen LogP contribution in [0.2, 0.25) is 0 Å². The summed E-state index contributed by atoms with van der Waals surface area (Å²) >= 11 is 0. The number of rotatable bonds is 9. The Labute approximate surface area is 202 Å². The van der Waals surface area contributed by atoms with Crippen molar-refractivity contribution in [2.75, 3.05) is 34.0 Å². The predicted octanol–water partition coefficient (Wildman–Crippen LogP) is 6.27. The minimum atomic E-state index is -1.52. The number of fused-ring (bicyclic) bond motifs is 1. The molecule has 1 unspecified atom stereocenters. The Hall–Kier alpha value is -2.38. The van der Waals surface area contributed by atoms with Crippen LogP contribution in [0, 0.1) is 0 Å². The molecule has 5 nitrogen and oxygen atoms in total. The molecule has 1 fully saturated rings. The maximum Gasteiger partial charge on any atom is 0.289 e. The number of carbonyl (C=O) groups excluding carboxylic acids is 1. The van der Waals surface area contributed by atoms with E-state index in [4.69, 9.17) is 9.47 Å². The average Bonchev–Trinajstić information content (AvgIpc) is 3.27. The zero-order chi connectivity index (χ0) is 25.3. The van der Waals surface area contributed by atoms with Gasteiger partial charge in [-0.2, -0.15) is 8.78 Å². The first-order valence-electron chi connectivity index (χ1n) is 12.2. The lowest BCUT2D eigenvalue weighted by atomic mass is 10.1. The summed E-state index contributed by atoms with van der Waals surface area (Å²) in [5, 5.41) is 3.09. The van der Waals surface area contributed by atoms with Gasteiger partial charge in [0.1, 0.15) is 13.2 Å². The Morgan fingerprint density at radius 3 is 2.35 bits per heavy atom. The SMILES string of the molecule is CCCCCCCC(=O)NC(C)Cc1ccc2c(c1)OCCO2.CF.CN1CCCC1=C(F)F. The smallest absolute Gasteiger partial charge is 0.289 e. The molecule has 2 aliphatic rings. The van der Waals surface area contributed by atoms with Crippen LogP contribution in [0.3, 0.4) is 0 Å². The second-order valence-electron chi connectivity index (χ2n) is 8.55. The highest BCUT2D eigenvalue weighted by Crippen LogP contribution is 2.31. The van der Waals surface area contributed by atoms with Crippen molar-refractivity contribution in [1.29, 1.82) is 0 Å². The van der Waals surface area contributed by atoms with Gasteiger partial charge in [-0.3, -0.25) is 9.18 Å². The van der Waals surface area contributed by atoms with Crippen LogP contribution in [0.1, 0.15) is 70.8 Å². The van der Waals surface area contributed by atoms with E-state index in [-0.39, 0.29) is 17.6 Å². The second kappa shape index (κ2) is 17.1. The average molecular weight is 487 g/mol. The summed E-state index contributed by atoms with van der Waals surface area (Å²) in [4.78, 5) is 13.6. The number of unbranched alkanes of at least 4 members (excludes halogenated alkanes) is 4. The third kappa shape index (κ3) is 11.2. The topological polar surface area (TPSA) is 50.8 Å². The highest BCUT2D eigenvalue weighted by Gasteiger charge is 2.17. The first kappa shape index (κ1) is 29.7. The Bertz CT molecular complexity index is 755. The molecule has 2 aliphatic heterocycles. The Morgan fingerprint density at radius 2 is 1.76 bits per heavy atom. The summed E-state index contributed by atoms with van der Waals surface area (Å²) in [6.45, 7) is 6.22. The number of alkyl halides is 1. The molecule has 8 heteroatoms. The van der Waals surface area contributed by atoms with E-state index in [1.807, 2.05) is 25.1 Å². The molecule has 0 aliphatic carbocycles. The quantitative estimate of drug-likeness (QED) is 0.418. The van der Waals surface area contributed by atoms with Crippen LogP contribution < -0.4 is 14.8 Å². The van der Waals surface area contributed by atoms with E-state index in [0.717, 1.165) is 49.3 Å². The highest BCUT2D eigenvalue weighted by molar-refractivity contribution is 5.76. The number of carbonyl (C=O) groups is 1. The van der Waals surface area contributed by atoms with Crippen LogP contribution in [-0.2, 0) is 11.2 Å². The van der Waals surface area contributed by atoms with Crippen LogP contribution in [0.15, 0.2) is 30.0 Å². The van der Waals surface area contributed by atoms with Crippen LogP contribution in [-0.4, -0.2) is 50.8 Å². The van der Waals surface area contributed by atoms with Gasteiger partial charge in [-0.1, -0.05) is 38.7 Å². The number of ether oxygens (including phenoxy) is 2. The number of halogens is 3. The van der Waals surface area contributed by atoms with Gasteiger partial charge in [0.25, 0.3) is 6.08 Å². The van der Waals surface area contributed by atoms with E-state index in [0.29, 0.717) is 33.2 Å². The fourth-order valence-electron chi connectivity index (χ4n) is 3.90. The Kier molecular flexibility index (Phi) is 14.9. The van der Waals surface area contributed by atoms with Crippen molar-refractivity contribution in [2.24, 2.45) is 0 Å². The molecular weight excluding hydrogens is 445 g/mol. The van der Waals surface area contributed by atoms with E-state index in [2.05, 4.69) is 12.2 Å². The molecule has 0 radical (unpaired) electrons. The maximum atomic E-state index is 12.0. The van der Waals surface area contributed by atoms with Gasteiger partial charge in [-0.05, 0) is 50.3 Å². The van der Waals surface area contributed by atoms with Gasteiger partial charge >= 0.3 is 0 Å². The number of benzene rings is 1. The van der Waals surface area contributed by atoms with Gasteiger partial charge in [-0.15, -0.1) is 0 Å². The lowest BCUT2D eigenvalue weighted by Gasteiger charge is -2.20. The van der Waals surface area contributed by atoms with Crippen LogP contribution in [0.4, 0.5) is 13.2 Å². The minimum Gasteiger partial charge on any atom is -0.486 e. The predicted molar refractivity (Wildman–Crippen MR) is 130 cm³/mol. The number of nitrogens with zero attached hydrogens (tertiary/aromatic N) is 1. The van der Waals surface area contributed by atoms with Crippen molar-refractivity contribution >= 4 is 5.91 Å². The van der Waals surface area contributed by atoms with Gasteiger partial charge in [0.05, 0.1) is 12.9 Å². The molecule has 1 amide bonds. The number of amides is 1. The fourth-order valence-corrected chi connectivity index (χ4v) is 3.90. The largest absolute Gasteiger partial charge is 0.486 e. The molecular formula is C26H41F3N2O3. The Balaban J connectivity index is 0.000000437. The van der Waals surface area contributed by atoms with Gasteiger partial charge in [0.2, 0.25) is 5.91 Å². The number of hydrogen-bond acceptors (Lipinski definition) is 4. The molecule has 194 valence electrons. The highest BCUT2D eigenvalue weighted by atomic mass is 19.3. The van der Waals surface area contributed by atoms with Crippen LogP contribution in [0.25, 0.3) is 0 Å². The number of hydrogen-bond donors (Lipinski definition) is 1. The van der Waals surface area contributed by atoms with E-state index in [1.165, 1.54) is 19.3 Å². The molecule has 0 saturated carbocycles. The summed E-state index contributed by atoms with van der Waals surface area (Å²) in [5.74, 6) is 1.78. The van der Waals surface area contributed by atoms with E-state index in [9.17, 15) is 18.0 Å². The number of nitrogens with one attached hydrogen (secondary N) is 1. The van der Waals surface area contributed by atoms with Crippen LogP contribution in [0.5, 0.6) is 11.5 Å². The van der Waals surface area contributed by atoms with Crippen molar-refractivity contribution in [3.8, 4) is 11.5 Å². The van der Waals surface area contributed by atoms with E-state index < -0.39 is 6.08 Å². The summed E-state index contributed by atoms with van der Waals surface area (Å²) in [5.41, 5.74) is 1.37. The van der Waals surface area contributed by atoms with Crippen molar-refractivity contribution in [1.82, 2.24) is 10.2 Å². The molecule has 1 aromatic rings. The van der Waals surface area contributed by atoms with Crippen LogP contribution >= 0.6 is 0 Å². The molecule has 1 N–H and O–H groups in total. The molecule has 2 heterocycles. The van der Waals surface area contributed by atoms with E-state index >= 15 is 0 Å². The zero-order valence-corrected chi connectivity index (χ0v) is 21.1. The second-order valence-corrected chi connectivity index (χ2v) is 8.55. The minimum absolute atomic E-state index is 0.126. The monoisotopic (exact) mass is 486 g/mol. The standard InChI is InChI=1S/C19H29NO3.C6H9F2N.CH3F/c1-3-4-5-6-7-8-19(21)20-15(2)13-16-9-10-17-18(14-16)23-12-11-22-17;1-9-4-2-3-5(9)6(7)8;1-2/h9-10,14-15H,3-8,11-13H2,1-2H3,(H,20,21);2-4H2,1H3;1H3. The summed E-state index contributed by atoms with van der Waals surface area (Å²) in [7, 11) is 2.20. The van der Waals surface area contributed by atoms with Gasteiger partial charge in [0, 0.05) is 26.1 Å². The normalized spacial score (nSPS) is 14.9. The van der Waals surface area contributed by atoms with Gasteiger partial charge in [-0.25, -0.2) is 0 Å². The first-order valence-corrected chi connectivity index (χ1v) is 12.2. The van der Waals surface area contributed by atoms with Gasteiger partial charge in [0.15, 0.2) is 11.5 Å². The first-order chi connectivity index (χ1) is 16.4. The van der Waals surface area contributed by atoms with Gasteiger partial charge < -0.3 is 19.7 Å². The molecule has 34 heavy (non-hydrogen) atoms.